The molecule has 9 heteroatoms. The van der Waals surface area contributed by atoms with E-state index in [1.807, 2.05) is 16.8 Å². The predicted molar refractivity (Wildman–Crippen MR) is 114 cm³/mol. The highest BCUT2D eigenvalue weighted by Crippen LogP contribution is 2.34. The maximum Gasteiger partial charge on any atom is 0.331 e. The molecule has 0 aliphatic rings. The number of anilines is 1. The number of hydrogen-bond acceptors (Lipinski definition) is 8. The summed E-state index contributed by atoms with van der Waals surface area (Å²) in [7, 11) is 3.15. The van der Waals surface area contributed by atoms with E-state index < -0.39 is 18.5 Å². The Hall–Kier alpha value is -3.17. The normalized spacial score (nSPS) is 10.7. The van der Waals surface area contributed by atoms with Gasteiger partial charge in [0.25, 0.3) is 5.91 Å². The Labute approximate surface area is 175 Å². The van der Waals surface area contributed by atoms with Gasteiger partial charge in [-0.2, -0.15) is 11.3 Å². The van der Waals surface area contributed by atoms with Gasteiger partial charge in [-0.05, 0) is 46.7 Å². The molecule has 7 nitrogen and oxygen atoms in total. The summed E-state index contributed by atoms with van der Waals surface area (Å²) >= 11 is 2.78. The van der Waals surface area contributed by atoms with Gasteiger partial charge >= 0.3 is 5.97 Å². The summed E-state index contributed by atoms with van der Waals surface area (Å²) in [5.41, 5.74) is 2.28. The maximum absolute atomic E-state index is 12.0. The third-order valence-electron chi connectivity index (χ3n) is 3.73. The predicted octanol–water partition coefficient (Wildman–Crippen LogP) is 4.08. The van der Waals surface area contributed by atoms with Crippen LogP contribution in [-0.4, -0.2) is 37.7 Å². The summed E-state index contributed by atoms with van der Waals surface area (Å²) in [5.74, 6) is 0.246. The molecule has 1 aromatic carbocycles. The molecule has 0 bridgehead atoms. The van der Waals surface area contributed by atoms with E-state index in [4.69, 9.17) is 14.2 Å². The van der Waals surface area contributed by atoms with E-state index >= 15 is 0 Å². The topological polar surface area (TPSA) is 86.8 Å². The monoisotopic (exact) mass is 430 g/mol. The molecule has 0 saturated heterocycles. The molecule has 0 atom stereocenters. The molecule has 0 saturated carbocycles. The molecular weight excluding hydrogens is 412 g/mol. The summed E-state index contributed by atoms with van der Waals surface area (Å²) in [6.45, 7) is -0.399. The van der Waals surface area contributed by atoms with E-state index in [1.54, 1.807) is 43.9 Å². The van der Waals surface area contributed by atoms with E-state index in [9.17, 15) is 9.59 Å². The molecule has 0 aliphatic carbocycles. The van der Waals surface area contributed by atoms with Crippen molar-refractivity contribution < 1.29 is 23.8 Å². The molecule has 0 aliphatic heterocycles. The second-order valence-electron chi connectivity index (χ2n) is 5.65. The molecule has 3 rings (SSSR count). The second kappa shape index (κ2) is 9.85. The van der Waals surface area contributed by atoms with Crippen LogP contribution in [0.2, 0.25) is 0 Å². The Morgan fingerprint density at radius 1 is 1.17 bits per heavy atom. The summed E-state index contributed by atoms with van der Waals surface area (Å²) in [5, 5.41) is 8.60. The molecule has 1 amide bonds. The first-order valence-electron chi connectivity index (χ1n) is 8.44. The van der Waals surface area contributed by atoms with E-state index in [0.29, 0.717) is 22.3 Å². The second-order valence-corrected chi connectivity index (χ2v) is 7.29. The number of carbonyl (C=O) groups excluding carboxylic acids is 2. The molecule has 3 aromatic rings. The largest absolute Gasteiger partial charge is 0.497 e. The number of aromatic nitrogens is 1. The lowest BCUT2D eigenvalue weighted by Gasteiger charge is -2.08. The SMILES string of the molecule is COc1ccc(OC)c(-c2csc(NC(=O)COC(=O)/C=C/c3ccsc3)n2)c1. The fourth-order valence-electron chi connectivity index (χ4n) is 2.34. The van der Waals surface area contributed by atoms with Gasteiger partial charge in [-0.3, -0.25) is 10.1 Å². The molecule has 0 spiro atoms. The average molecular weight is 431 g/mol. The number of benzene rings is 1. The minimum absolute atomic E-state index is 0.389. The first-order valence-corrected chi connectivity index (χ1v) is 10.3. The Kier molecular flexibility index (Phi) is 6.99. The zero-order chi connectivity index (χ0) is 20.6. The first kappa shape index (κ1) is 20.6. The molecule has 0 fully saturated rings. The Balaban J connectivity index is 1.57. The summed E-state index contributed by atoms with van der Waals surface area (Å²) in [6, 6.07) is 7.26. The van der Waals surface area contributed by atoms with Crippen molar-refractivity contribution in [1.29, 1.82) is 0 Å². The first-order chi connectivity index (χ1) is 14.1. The highest BCUT2D eigenvalue weighted by atomic mass is 32.1. The van der Waals surface area contributed by atoms with Crippen LogP contribution in [0.5, 0.6) is 11.5 Å². The number of thiophene rings is 1. The van der Waals surface area contributed by atoms with Gasteiger partial charge in [0.1, 0.15) is 11.5 Å². The smallest absolute Gasteiger partial charge is 0.331 e. The van der Waals surface area contributed by atoms with Crippen molar-refractivity contribution in [3.8, 4) is 22.8 Å². The highest BCUT2D eigenvalue weighted by Gasteiger charge is 2.13. The van der Waals surface area contributed by atoms with Gasteiger partial charge in [0.2, 0.25) is 0 Å². The molecular formula is C20H18N2O5S2. The van der Waals surface area contributed by atoms with Crippen LogP contribution in [0.25, 0.3) is 17.3 Å². The standard InChI is InChI=1S/C20H18N2O5S2/c1-25-14-4-5-17(26-2)15(9-14)16-12-29-20(21-16)22-18(23)10-27-19(24)6-3-13-7-8-28-11-13/h3-9,11-12H,10H2,1-2H3,(H,21,22,23)/b6-3+. The van der Waals surface area contributed by atoms with Crippen LogP contribution in [0.4, 0.5) is 5.13 Å². The number of esters is 1. The maximum atomic E-state index is 12.0. The van der Waals surface area contributed by atoms with Crippen LogP contribution in [-0.2, 0) is 14.3 Å². The van der Waals surface area contributed by atoms with Gasteiger partial charge in [-0.15, -0.1) is 11.3 Å². The van der Waals surface area contributed by atoms with Crippen molar-refractivity contribution in [1.82, 2.24) is 4.98 Å². The van der Waals surface area contributed by atoms with Gasteiger partial charge in [-0.25, -0.2) is 9.78 Å². The molecule has 1 N–H and O–H groups in total. The zero-order valence-electron chi connectivity index (χ0n) is 15.7. The van der Waals surface area contributed by atoms with Crippen LogP contribution in [0.15, 0.2) is 46.5 Å². The van der Waals surface area contributed by atoms with E-state index in [-0.39, 0.29) is 0 Å². The van der Waals surface area contributed by atoms with Gasteiger partial charge < -0.3 is 14.2 Å². The van der Waals surface area contributed by atoms with Gasteiger partial charge in [0, 0.05) is 17.0 Å². The van der Waals surface area contributed by atoms with Crippen LogP contribution in [0, 0.1) is 0 Å². The number of hydrogen-bond donors (Lipinski definition) is 1. The van der Waals surface area contributed by atoms with Crippen molar-refractivity contribution in [2.45, 2.75) is 0 Å². The number of carbonyl (C=O) groups is 2. The number of rotatable bonds is 8. The minimum Gasteiger partial charge on any atom is -0.497 e. The molecule has 29 heavy (non-hydrogen) atoms. The van der Waals surface area contributed by atoms with E-state index in [0.717, 1.165) is 11.1 Å². The summed E-state index contributed by atoms with van der Waals surface area (Å²) < 4.78 is 15.5. The Bertz CT molecular complexity index is 1010. The molecule has 2 aromatic heterocycles. The number of ether oxygens (including phenoxy) is 3. The minimum atomic E-state index is -0.590. The Morgan fingerprint density at radius 3 is 2.76 bits per heavy atom. The lowest BCUT2D eigenvalue weighted by Crippen LogP contribution is -2.20. The third kappa shape index (κ3) is 5.66. The van der Waals surface area contributed by atoms with Crippen LogP contribution >= 0.6 is 22.7 Å². The van der Waals surface area contributed by atoms with E-state index in [1.165, 1.54) is 28.7 Å². The molecule has 0 unspecified atom stereocenters. The fourth-order valence-corrected chi connectivity index (χ4v) is 3.70. The Morgan fingerprint density at radius 2 is 2.03 bits per heavy atom. The number of methoxy groups -OCH3 is 2. The number of nitrogens with one attached hydrogen (secondary N) is 1. The lowest BCUT2D eigenvalue weighted by atomic mass is 10.1. The number of thiazole rings is 1. The number of amides is 1. The number of nitrogens with zero attached hydrogens (tertiary/aromatic N) is 1. The molecule has 150 valence electrons. The lowest BCUT2D eigenvalue weighted by molar-refractivity contribution is -0.142. The van der Waals surface area contributed by atoms with Crippen LogP contribution in [0.3, 0.4) is 0 Å². The van der Waals surface area contributed by atoms with Crippen molar-refractivity contribution in [2.24, 2.45) is 0 Å². The van der Waals surface area contributed by atoms with Crippen molar-refractivity contribution in [2.75, 3.05) is 26.1 Å². The van der Waals surface area contributed by atoms with Crippen molar-refractivity contribution in [3.05, 3.63) is 52.0 Å². The quantitative estimate of drug-likeness (QED) is 0.428. The van der Waals surface area contributed by atoms with Gasteiger partial charge in [0.15, 0.2) is 11.7 Å². The zero-order valence-corrected chi connectivity index (χ0v) is 17.3. The molecule has 0 radical (unpaired) electrons. The van der Waals surface area contributed by atoms with Crippen LogP contribution in [0.1, 0.15) is 5.56 Å². The summed E-state index contributed by atoms with van der Waals surface area (Å²) in [4.78, 5) is 28.1. The summed E-state index contributed by atoms with van der Waals surface area (Å²) in [6.07, 6.45) is 2.91. The van der Waals surface area contributed by atoms with E-state index in [2.05, 4.69) is 10.3 Å². The fraction of sp³-hybridized carbons (Fsp3) is 0.150. The average Bonchev–Trinajstić information content (AvgIpc) is 3.42. The van der Waals surface area contributed by atoms with Gasteiger partial charge in [0.05, 0.1) is 19.9 Å². The van der Waals surface area contributed by atoms with Crippen LogP contribution < -0.4 is 14.8 Å². The van der Waals surface area contributed by atoms with Gasteiger partial charge in [-0.1, -0.05) is 0 Å². The highest BCUT2D eigenvalue weighted by molar-refractivity contribution is 7.14. The molecule has 2 heterocycles. The van der Waals surface area contributed by atoms with Crippen molar-refractivity contribution in [3.63, 3.8) is 0 Å². The van der Waals surface area contributed by atoms with Crippen molar-refractivity contribution >= 4 is 45.8 Å². The third-order valence-corrected chi connectivity index (χ3v) is 5.19.